The van der Waals surface area contributed by atoms with Crippen LogP contribution in [0.5, 0.6) is 11.5 Å². The minimum atomic E-state index is -0.348. The highest BCUT2D eigenvalue weighted by atomic mass is 35.5. The van der Waals surface area contributed by atoms with Gasteiger partial charge in [-0.25, -0.2) is 0 Å². The van der Waals surface area contributed by atoms with E-state index in [4.69, 9.17) is 49.3 Å². The molecule has 1 N–H and O–H groups in total. The van der Waals surface area contributed by atoms with Gasteiger partial charge in [0, 0.05) is 22.8 Å². The zero-order valence-corrected chi connectivity index (χ0v) is 21.2. The van der Waals surface area contributed by atoms with E-state index in [2.05, 4.69) is 10.3 Å². The summed E-state index contributed by atoms with van der Waals surface area (Å²) < 4.78 is 17.4. The maximum Gasteiger partial charge on any atom is 0.174 e. The van der Waals surface area contributed by atoms with Gasteiger partial charge in [-0.15, -0.1) is 0 Å². The molecule has 1 aliphatic heterocycles. The predicted molar refractivity (Wildman–Crippen MR) is 142 cm³/mol. The van der Waals surface area contributed by atoms with Crippen LogP contribution in [-0.2, 0) is 0 Å². The number of benzene rings is 2. The zero-order valence-electron chi connectivity index (χ0n) is 18.9. The minimum Gasteiger partial charge on any atom is -0.497 e. The van der Waals surface area contributed by atoms with Gasteiger partial charge in [-0.05, 0) is 66.8 Å². The lowest BCUT2D eigenvalue weighted by atomic mass is 10.0. The summed E-state index contributed by atoms with van der Waals surface area (Å²) in [5, 5.41) is 5.01. The van der Waals surface area contributed by atoms with Crippen molar-refractivity contribution in [3.8, 4) is 22.8 Å². The van der Waals surface area contributed by atoms with E-state index in [0.717, 1.165) is 16.9 Å². The summed E-state index contributed by atoms with van der Waals surface area (Å²) >= 11 is 18.3. The standard InChI is InChI=1S/C26H21Cl2N3O3S/c1-32-16-7-9-20(23(14-16)33-2)31-25(24(30-26(31)35)19-5-3-4-12-29-19)22-11-10-21(34-22)17-8-6-15(27)13-18(17)28/h3-14,24-25H,1-2H3,(H,30,35)/t24-,25-/m0/s1. The van der Waals surface area contributed by atoms with E-state index in [1.54, 1.807) is 32.5 Å². The maximum absolute atomic E-state index is 6.45. The molecule has 0 amide bonds. The average Bonchev–Trinajstić information content (AvgIpc) is 3.48. The molecule has 0 radical (unpaired) electrons. The molecule has 35 heavy (non-hydrogen) atoms. The third-order valence-electron chi connectivity index (χ3n) is 5.86. The van der Waals surface area contributed by atoms with Crippen molar-refractivity contribution in [2.24, 2.45) is 0 Å². The van der Waals surface area contributed by atoms with Gasteiger partial charge in [0.25, 0.3) is 0 Å². The van der Waals surface area contributed by atoms with Crippen molar-refractivity contribution in [3.05, 3.63) is 94.4 Å². The topological polar surface area (TPSA) is 59.8 Å². The molecule has 5 rings (SSSR count). The second-order valence-corrected chi connectivity index (χ2v) is 9.09. The fourth-order valence-electron chi connectivity index (χ4n) is 4.23. The lowest BCUT2D eigenvalue weighted by Crippen LogP contribution is -2.29. The van der Waals surface area contributed by atoms with Gasteiger partial charge >= 0.3 is 0 Å². The van der Waals surface area contributed by atoms with Crippen molar-refractivity contribution in [1.29, 1.82) is 0 Å². The minimum absolute atomic E-state index is 0.268. The Kier molecular flexibility index (Phi) is 6.56. The second kappa shape index (κ2) is 9.77. The van der Waals surface area contributed by atoms with Gasteiger partial charge in [-0.1, -0.05) is 29.3 Å². The van der Waals surface area contributed by atoms with Crippen LogP contribution in [0.1, 0.15) is 23.5 Å². The van der Waals surface area contributed by atoms with Gasteiger partial charge < -0.3 is 24.1 Å². The first kappa shape index (κ1) is 23.5. The molecule has 0 spiro atoms. The van der Waals surface area contributed by atoms with E-state index in [-0.39, 0.29) is 12.1 Å². The van der Waals surface area contributed by atoms with Gasteiger partial charge in [0.2, 0.25) is 0 Å². The van der Waals surface area contributed by atoms with Crippen LogP contribution >= 0.6 is 35.4 Å². The van der Waals surface area contributed by atoms with E-state index in [0.29, 0.717) is 38.2 Å². The van der Waals surface area contributed by atoms with Crippen LogP contribution < -0.4 is 19.7 Å². The number of nitrogens with zero attached hydrogens (tertiary/aromatic N) is 2. The molecule has 0 unspecified atom stereocenters. The Morgan fingerprint density at radius 1 is 1.00 bits per heavy atom. The van der Waals surface area contributed by atoms with Crippen LogP contribution in [0.2, 0.25) is 10.0 Å². The van der Waals surface area contributed by atoms with Crippen LogP contribution in [0.3, 0.4) is 0 Å². The molecule has 1 aliphatic rings. The summed E-state index contributed by atoms with van der Waals surface area (Å²) in [6.07, 6.45) is 1.76. The normalized spacial score (nSPS) is 17.4. The number of furan rings is 1. The van der Waals surface area contributed by atoms with E-state index < -0.39 is 0 Å². The number of hydrogen-bond acceptors (Lipinski definition) is 5. The molecule has 1 saturated heterocycles. The first-order valence-electron chi connectivity index (χ1n) is 10.8. The van der Waals surface area contributed by atoms with Crippen LogP contribution in [0.4, 0.5) is 5.69 Å². The number of hydrogen-bond donors (Lipinski definition) is 1. The molecule has 9 heteroatoms. The summed E-state index contributed by atoms with van der Waals surface area (Å²) in [5.74, 6) is 2.61. The van der Waals surface area contributed by atoms with Crippen molar-refractivity contribution < 1.29 is 13.9 Å². The summed E-state index contributed by atoms with van der Waals surface area (Å²) in [4.78, 5) is 6.57. The number of rotatable bonds is 6. The Hall–Kier alpha value is -3.26. The molecule has 0 bridgehead atoms. The quantitative estimate of drug-likeness (QED) is 0.276. The monoisotopic (exact) mass is 525 g/mol. The summed E-state index contributed by atoms with van der Waals surface area (Å²) in [6, 6.07) is 19.9. The SMILES string of the molecule is COc1ccc(N2C(=S)N[C@@H](c3ccccn3)[C@@H]2c2ccc(-c3ccc(Cl)cc3Cl)o2)c(OC)c1. The highest BCUT2D eigenvalue weighted by Gasteiger charge is 2.43. The smallest absolute Gasteiger partial charge is 0.174 e. The van der Waals surface area contributed by atoms with Gasteiger partial charge in [-0.3, -0.25) is 4.98 Å². The molecule has 1 fully saturated rings. The largest absolute Gasteiger partial charge is 0.497 e. The van der Waals surface area contributed by atoms with E-state index >= 15 is 0 Å². The Morgan fingerprint density at radius 2 is 1.86 bits per heavy atom. The van der Waals surface area contributed by atoms with Gasteiger partial charge in [-0.2, -0.15) is 0 Å². The molecule has 6 nitrogen and oxygen atoms in total. The van der Waals surface area contributed by atoms with Crippen molar-refractivity contribution in [1.82, 2.24) is 10.3 Å². The highest BCUT2D eigenvalue weighted by molar-refractivity contribution is 7.80. The third-order valence-corrected chi connectivity index (χ3v) is 6.72. The number of ether oxygens (including phenoxy) is 2. The Balaban J connectivity index is 1.63. The highest BCUT2D eigenvalue weighted by Crippen LogP contribution is 2.46. The first-order chi connectivity index (χ1) is 17.0. The summed E-state index contributed by atoms with van der Waals surface area (Å²) in [5.41, 5.74) is 2.35. The van der Waals surface area contributed by atoms with Crippen molar-refractivity contribution in [2.75, 3.05) is 19.1 Å². The zero-order chi connectivity index (χ0) is 24.5. The molecule has 2 atom stereocenters. The molecule has 4 aromatic rings. The molecule has 2 aromatic carbocycles. The number of halogens is 2. The van der Waals surface area contributed by atoms with Gasteiger partial charge in [0.15, 0.2) is 5.11 Å². The first-order valence-corrected chi connectivity index (χ1v) is 11.9. The molecule has 3 heterocycles. The summed E-state index contributed by atoms with van der Waals surface area (Å²) in [7, 11) is 3.23. The number of nitrogens with one attached hydrogen (secondary N) is 1. The van der Waals surface area contributed by atoms with E-state index in [1.807, 2.05) is 59.5 Å². The Labute approximate surface area is 218 Å². The van der Waals surface area contributed by atoms with Crippen LogP contribution in [0.15, 0.2) is 77.3 Å². The Bertz CT molecular complexity index is 1380. The molecule has 0 saturated carbocycles. The van der Waals surface area contributed by atoms with Gasteiger partial charge in [0.05, 0.1) is 36.7 Å². The fourth-order valence-corrected chi connectivity index (χ4v) is 5.07. The maximum atomic E-state index is 6.45. The number of pyridine rings is 1. The number of anilines is 1. The average molecular weight is 526 g/mol. The molecule has 0 aliphatic carbocycles. The van der Waals surface area contributed by atoms with E-state index in [9.17, 15) is 0 Å². The lowest BCUT2D eigenvalue weighted by Gasteiger charge is -2.27. The fraction of sp³-hybridized carbons (Fsp3) is 0.154. The summed E-state index contributed by atoms with van der Waals surface area (Å²) in [6.45, 7) is 0. The number of methoxy groups -OCH3 is 2. The van der Waals surface area contributed by atoms with Crippen LogP contribution in [0, 0.1) is 0 Å². The molecule has 2 aromatic heterocycles. The van der Waals surface area contributed by atoms with Gasteiger partial charge in [0.1, 0.15) is 29.1 Å². The second-order valence-electron chi connectivity index (χ2n) is 7.86. The predicted octanol–water partition coefficient (Wildman–Crippen LogP) is 6.84. The van der Waals surface area contributed by atoms with Crippen molar-refractivity contribution in [2.45, 2.75) is 12.1 Å². The Morgan fingerprint density at radius 3 is 2.57 bits per heavy atom. The number of thiocarbonyl (C=S) groups is 1. The molecular weight excluding hydrogens is 505 g/mol. The number of aromatic nitrogens is 1. The van der Waals surface area contributed by atoms with E-state index in [1.165, 1.54) is 0 Å². The molecular formula is C26H21Cl2N3O3S. The van der Waals surface area contributed by atoms with Crippen molar-refractivity contribution >= 4 is 46.2 Å². The van der Waals surface area contributed by atoms with Crippen LogP contribution in [0.25, 0.3) is 11.3 Å². The lowest BCUT2D eigenvalue weighted by molar-refractivity contribution is 0.392. The van der Waals surface area contributed by atoms with Crippen LogP contribution in [-0.4, -0.2) is 24.3 Å². The van der Waals surface area contributed by atoms with Crippen molar-refractivity contribution in [3.63, 3.8) is 0 Å². The third kappa shape index (κ3) is 4.43. The molecule has 178 valence electrons.